The molecular weight excluding hydrogens is 235 g/mol. The minimum atomic E-state index is -3.54. The lowest BCUT2D eigenvalue weighted by Crippen LogP contribution is -2.39. The number of carboxylic acids is 1. The maximum atomic E-state index is 13.1. The SMILES string of the molecule is B[C@H](O)/C=C/[C@H]1CC(F)(F)C(=O)N1CC(=O)O. The summed E-state index contributed by atoms with van der Waals surface area (Å²) in [5.74, 6) is -6.38. The highest BCUT2D eigenvalue weighted by Crippen LogP contribution is 2.33. The van der Waals surface area contributed by atoms with Gasteiger partial charge in [0, 0.05) is 12.4 Å². The Hall–Kier alpha value is -1.44. The summed E-state index contributed by atoms with van der Waals surface area (Å²) < 4.78 is 26.3. The molecule has 8 heteroatoms. The predicted octanol–water partition coefficient (Wildman–Crippen LogP) is -1.19. The molecule has 94 valence electrons. The summed E-state index contributed by atoms with van der Waals surface area (Å²) in [7, 11) is 1.42. The number of carbonyl (C=O) groups is 2. The van der Waals surface area contributed by atoms with E-state index in [0.717, 1.165) is 0 Å². The average Bonchev–Trinajstić information content (AvgIpc) is 2.38. The van der Waals surface area contributed by atoms with Crippen LogP contribution in [-0.2, 0) is 9.59 Å². The van der Waals surface area contributed by atoms with E-state index in [-0.39, 0.29) is 0 Å². The molecule has 1 aliphatic rings. The number of likely N-dealkylation sites (tertiary alicyclic amines) is 1. The summed E-state index contributed by atoms with van der Waals surface area (Å²) >= 11 is 0. The van der Waals surface area contributed by atoms with Gasteiger partial charge in [0.1, 0.15) is 14.4 Å². The van der Waals surface area contributed by atoms with Crippen molar-refractivity contribution >= 4 is 19.7 Å². The highest BCUT2D eigenvalue weighted by atomic mass is 19.3. The smallest absolute Gasteiger partial charge is 0.327 e. The van der Waals surface area contributed by atoms with Crippen molar-refractivity contribution < 1.29 is 28.6 Å². The fourth-order valence-corrected chi connectivity index (χ4v) is 1.62. The van der Waals surface area contributed by atoms with Crippen LogP contribution in [0, 0.1) is 0 Å². The largest absolute Gasteiger partial charge is 0.480 e. The Labute approximate surface area is 97.1 Å². The first kappa shape index (κ1) is 13.6. The van der Waals surface area contributed by atoms with Crippen LogP contribution in [0.25, 0.3) is 0 Å². The minimum absolute atomic E-state index is 0.598. The zero-order chi connectivity index (χ0) is 13.2. The molecule has 0 saturated carbocycles. The Bertz CT molecular complexity index is 359. The first-order chi connectivity index (χ1) is 7.74. The van der Waals surface area contributed by atoms with Gasteiger partial charge < -0.3 is 15.1 Å². The summed E-state index contributed by atoms with van der Waals surface area (Å²) in [5.41, 5.74) is 0. The van der Waals surface area contributed by atoms with Crippen molar-refractivity contribution in [1.29, 1.82) is 0 Å². The monoisotopic (exact) mass is 247 g/mol. The third kappa shape index (κ3) is 3.26. The second-order valence-electron chi connectivity index (χ2n) is 3.93. The van der Waals surface area contributed by atoms with Crippen LogP contribution < -0.4 is 0 Å². The van der Waals surface area contributed by atoms with Gasteiger partial charge in [0.15, 0.2) is 0 Å². The summed E-state index contributed by atoms with van der Waals surface area (Å²) in [6.07, 6.45) is 1.71. The molecule has 1 fully saturated rings. The number of aliphatic carboxylic acids is 1. The molecule has 0 aliphatic carbocycles. The Morgan fingerprint density at radius 2 is 2.29 bits per heavy atom. The molecule has 1 saturated heterocycles. The van der Waals surface area contributed by atoms with E-state index in [1.807, 2.05) is 0 Å². The fraction of sp³-hybridized carbons (Fsp3) is 0.556. The predicted molar refractivity (Wildman–Crippen MR) is 56.4 cm³/mol. The Kier molecular flexibility index (Phi) is 3.87. The van der Waals surface area contributed by atoms with Crippen LogP contribution in [0.5, 0.6) is 0 Å². The quantitative estimate of drug-likeness (QED) is 0.484. The average molecular weight is 247 g/mol. The third-order valence-electron chi connectivity index (χ3n) is 2.36. The molecule has 0 aromatic heterocycles. The van der Waals surface area contributed by atoms with Crippen LogP contribution in [-0.4, -0.2) is 59.3 Å². The molecule has 0 bridgehead atoms. The van der Waals surface area contributed by atoms with E-state index in [4.69, 9.17) is 10.2 Å². The van der Waals surface area contributed by atoms with Crippen molar-refractivity contribution in [3.05, 3.63) is 12.2 Å². The Morgan fingerprint density at radius 1 is 1.71 bits per heavy atom. The van der Waals surface area contributed by atoms with Crippen molar-refractivity contribution in [3.63, 3.8) is 0 Å². The van der Waals surface area contributed by atoms with Gasteiger partial charge in [0.05, 0.1) is 6.04 Å². The van der Waals surface area contributed by atoms with Crippen molar-refractivity contribution in [2.75, 3.05) is 6.54 Å². The topological polar surface area (TPSA) is 77.8 Å². The van der Waals surface area contributed by atoms with E-state index < -0.39 is 42.8 Å². The number of halogens is 2. The summed E-state index contributed by atoms with van der Waals surface area (Å²) in [6.45, 7) is -0.775. The number of hydrogen-bond donors (Lipinski definition) is 2. The first-order valence-electron chi connectivity index (χ1n) is 5.01. The van der Waals surface area contributed by atoms with Gasteiger partial charge in [-0.05, 0) is 0 Å². The van der Waals surface area contributed by atoms with E-state index in [9.17, 15) is 18.4 Å². The molecule has 0 aromatic rings. The lowest BCUT2D eigenvalue weighted by molar-refractivity contribution is -0.152. The number of alkyl halides is 2. The highest BCUT2D eigenvalue weighted by Gasteiger charge is 2.52. The molecule has 0 aromatic carbocycles. The van der Waals surface area contributed by atoms with Gasteiger partial charge in [0.25, 0.3) is 5.91 Å². The molecule has 2 atom stereocenters. The van der Waals surface area contributed by atoms with Crippen molar-refractivity contribution in [2.24, 2.45) is 0 Å². The fourth-order valence-electron chi connectivity index (χ4n) is 1.62. The molecule has 0 radical (unpaired) electrons. The number of amides is 1. The molecule has 2 N–H and O–H groups in total. The molecule has 1 rings (SSSR count). The molecular formula is C9H12BF2NO4. The van der Waals surface area contributed by atoms with Crippen molar-refractivity contribution in [3.8, 4) is 0 Å². The van der Waals surface area contributed by atoms with Crippen LogP contribution in [0.15, 0.2) is 12.2 Å². The maximum Gasteiger partial charge on any atom is 0.327 e. The summed E-state index contributed by atoms with van der Waals surface area (Å²) in [4.78, 5) is 22.3. The number of carboxylic acid groups (broad SMARTS) is 1. The van der Waals surface area contributed by atoms with E-state index in [0.29, 0.717) is 4.90 Å². The van der Waals surface area contributed by atoms with Gasteiger partial charge in [0.2, 0.25) is 0 Å². The number of hydrogen-bond acceptors (Lipinski definition) is 3. The molecule has 1 amide bonds. The summed E-state index contributed by atoms with van der Waals surface area (Å²) in [5, 5.41) is 17.5. The lowest BCUT2D eigenvalue weighted by Gasteiger charge is -2.19. The molecule has 1 heterocycles. The van der Waals surface area contributed by atoms with Crippen LogP contribution in [0.1, 0.15) is 6.42 Å². The van der Waals surface area contributed by atoms with Crippen molar-refractivity contribution in [2.45, 2.75) is 24.4 Å². The number of aliphatic hydroxyl groups is 1. The van der Waals surface area contributed by atoms with Crippen LogP contribution >= 0.6 is 0 Å². The normalized spacial score (nSPS) is 25.5. The van der Waals surface area contributed by atoms with Gasteiger partial charge in [-0.15, -0.1) is 0 Å². The molecule has 17 heavy (non-hydrogen) atoms. The second kappa shape index (κ2) is 4.83. The highest BCUT2D eigenvalue weighted by molar-refractivity contribution is 6.12. The summed E-state index contributed by atoms with van der Waals surface area (Å²) in [6, 6.07) is -1.84. The van der Waals surface area contributed by atoms with Crippen molar-refractivity contribution in [1.82, 2.24) is 4.90 Å². The number of carbonyl (C=O) groups excluding carboxylic acids is 1. The maximum absolute atomic E-state index is 13.1. The lowest BCUT2D eigenvalue weighted by atomic mass is 9.99. The second-order valence-corrected chi connectivity index (χ2v) is 3.93. The standard InChI is InChI=1S/C9H12BF2NO4/c10-6(14)2-1-5-3-9(11,12)8(17)13(5)4-7(15)16/h1-2,5-6,14H,3-4,10H2,(H,15,16)/b2-1+/t5-,6+/m0/s1. The van der Waals surface area contributed by atoms with Crippen LogP contribution in [0.3, 0.4) is 0 Å². The molecule has 1 aliphatic heterocycles. The molecule has 0 spiro atoms. The van der Waals surface area contributed by atoms with Crippen LogP contribution in [0.4, 0.5) is 8.78 Å². The third-order valence-corrected chi connectivity index (χ3v) is 2.36. The van der Waals surface area contributed by atoms with Gasteiger partial charge in [-0.2, -0.15) is 8.78 Å². The van der Waals surface area contributed by atoms with Gasteiger partial charge in [-0.25, -0.2) is 0 Å². The number of aliphatic hydroxyl groups excluding tert-OH is 1. The Balaban J connectivity index is 2.87. The van der Waals surface area contributed by atoms with E-state index >= 15 is 0 Å². The number of rotatable bonds is 4. The molecule has 0 unspecified atom stereocenters. The van der Waals surface area contributed by atoms with Gasteiger partial charge >= 0.3 is 11.9 Å². The van der Waals surface area contributed by atoms with Gasteiger partial charge in [-0.1, -0.05) is 12.2 Å². The zero-order valence-electron chi connectivity index (χ0n) is 9.14. The number of nitrogens with zero attached hydrogens (tertiary/aromatic N) is 1. The first-order valence-corrected chi connectivity index (χ1v) is 5.01. The van der Waals surface area contributed by atoms with E-state index in [1.54, 1.807) is 0 Å². The van der Waals surface area contributed by atoms with E-state index in [1.165, 1.54) is 20.0 Å². The zero-order valence-corrected chi connectivity index (χ0v) is 9.14. The Morgan fingerprint density at radius 3 is 2.76 bits per heavy atom. The van der Waals surface area contributed by atoms with E-state index in [2.05, 4.69) is 0 Å². The minimum Gasteiger partial charge on any atom is -0.480 e. The molecule has 5 nitrogen and oxygen atoms in total. The van der Waals surface area contributed by atoms with Gasteiger partial charge in [-0.3, -0.25) is 9.59 Å². The van der Waals surface area contributed by atoms with Crippen LogP contribution in [0.2, 0.25) is 0 Å².